The minimum atomic E-state index is -0.478. The second-order valence-electron chi connectivity index (χ2n) is 5.63. The summed E-state index contributed by atoms with van der Waals surface area (Å²) in [5, 5.41) is 12.1. The van der Waals surface area contributed by atoms with E-state index in [2.05, 4.69) is 31.4 Å². The Kier molecular flexibility index (Phi) is 5.51. The van der Waals surface area contributed by atoms with E-state index in [4.69, 9.17) is 12.2 Å². The maximum Gasteiger partial charge on any atom is 0.243 e. The fourth-order valence-corrected chi connectivity index (χ4v) is 4.23. The molecular weight excluding hydrogens is 420 g/mol. The lowest BCUT2D eigenvalue weighted by Crippen LogP contribution is -2.33. The van der Waals surface area contributed by atoms with Crippen molar-refractivity contribution in [3.05, 3.63) is 56.6 Å². The first-order valence-corrected chi connectivity index (χ1v) is 9.82. The van der Waals surface area contributed by atoms with E-state index in [9.17, 15) is 4.79 Å². The molecule has 0 fully saturated rings. The van der Waals surface area contributed by atoms with Crippen LogP contribution in [-0.4, -0.2) is 20.7 Å². The van der Waals surface area contributed by atoms with Gasteiger partial charge in [0.25, 0.3) is 0 Å². The van der Waals surface area contributed by atoms with Gasteiger partial charge in [0.15, 0.2) is 10.6 Å². The largest absolute Gasteiger partial charge is 0.348 e. The Labute approximate surface area is 163 Å². The third-order valence-corrected chi connectivity index (χ3v) is 5.82. The average Bonchev–Trinajstić information content (AvgIpc) is 3.23. The molecule has 3 aromatic rings. The first kappa shape index (κ1) is 18.0. The number of hydrogen-bond acceptors (Lipinski definition) is 4. The standard InChI is InChI=1S/C17H17BrN4OS2/c1-10(12-6-3-4-7-13(12)18)19-16(23)11(2)22-15(20-21-17(22)24)14-8-5-9-25-14/h3-11H,1-2H3,(H,19,23)(H,21,24)/t10-,11+/m1/s1. The van der Waals surface area contributed by atoms with Gasteiger partial charge in [-0.15, -0.1) is 11.3 Å². The van der Waals surface area contributed by atoms with Crippen LogP contribution >= 0.6 is 39.5 Å². The van der Waals surface area contributed by atoms with Crippen LogP contribution in [0, 0.1) is 4.77 Å². The molecule has 8 heteroatoms. The number of hydrogen-bond donors (Lipinski definition) is 2. The topological polar surface area (TPSA) is 62.7 Å². The van der Waals surface area contributed by atoms with Crippen LogP contribution in [0.5, 0.6) is 0 Å². The lowest BCUT2D eigenvalue weighted by Gasteiger charge is -2.20. The number of thiophene rings is 1. The molecule has 0 aliphatic heterocycles. The highest BCUT2D eigenvalue weighted by atomic mass is 79.9. The van der Waals surface area contributed by atoms with Crippen molar-refractivity contribution < 1.29 is 4.79 Å². The van der Waals surface area contributed by atoms with Gasteiger partial charge >= 0.3 is 0 Å². The van der Waals surface area contributed by atoms with E-state index in [0.29, 0.717) is 10.6 Å². The fraction of sp³-hybridized carbons (Fsp3) is 0.235. The van der Waals surface area contributed by atoms with E-state index in [1.807, 2.05) is 55.6 Å². The van der Waals surface area contributed by atoms with Gasteiger partial charge in [-0.2, -0.15) is 5.10 Å². The molecule has 0 aliphatic rings. The van der Waals surface area contributed by atoms with E-state index in [-0.39, 0.29) is 11.9 Å². The van der Waals surface area contributed by atoms with Crippen LogP contribution in [0.3, 0.4) is 0 Å². The normalized spacial score (nSPS) is 13.4. The molecule has 0 radical (unpaired) electrons. The summed E-state index contributed by atoms with van der Waals surface area (Å²) in [5.74, 6) is 0.565. The Bertz CT molecular complexity index is 932. The molecule has 2 atom stereocenters. The van der Waals surface area contributed by atoms with Crippen LogP contribution in [0.1, 0.15) is 31.5 Å². The number of H-pyrrole nitrogens is 1. The van der Waals surface area contributed by atoms with Crippen molar-refractivity contribution in [2.24, 2.45) is 0 Å². The summed E-state index contributed by atoms with van der Waals surface area (Å²) >= 11 is 10.4. The molecule has 2 heterocycles. The van der Waals surface area contributed by atoms with Crippen LogP contribution in [0.2, 0.25) is 0 Å². The zero-order valence-corrected chi connectivity index (χ0v) is 16.9. The monoisotopic (exact) mass is 436 g/mol. The lowest BCUT2D eigenvalue weighted by molar-refractivity contribution is -0.124. The van der Waals surface area contributed by atoms with Crippen LogP contribution in [0.15, 0.2) is 46.3 Å². The summed E-state index contributed by atoms with van der Waals surface area (Å²) in [5.41, 5.74) is 1.03. The number of nitrogens with zero attached hydrogens (tertiary/aromatic N) is 2. The quantitative estimate of drug-likeness (QED) is 0.560. The summed E-state index contributed by atoms with van der Waals surface area (Å²) in [6.45, 7) is 3.78. The average molecular weight is 437 g/mol. The van der Waals surface area contributed by atoms with Crippen molar-refractivity contribution in [3.63, 3.8) is 0 Å². The number of nitrogens with one attached hydrogen (secondary N) is 2. The first-order chi connectivity index (χ1) is 12.0. The van der Waals surface area contributed by atoms with Crippen LogP contribution < -0.4 is 5.32 Å². The highest BCUT2D eigenvalue weighted by molar-refractivity contribution is 9.10. The summed E-state index contributed by atoms with van der Waals surface area (Å²) in [6.07, 6.45) is 0. The van der Waals surface area contributed by atoms with Crippen molar-refractivity contribution in [3.8, 4) is 10.7 Å². The molecule has 1 amide bonds. The minimum absolute atomic E-state index is 0.112. The highest BCUT2D eigenvalue weighted by Crippen LogP contribution is 2.27. The van der Waals surface area contributed by atoms with Crippen molar-refractivity contribution in [1.82, 2.24) is 20.1 Å². The van der Waals surface area contributed by atoms with E-state index < -0.39 is 6.04 Å². The van der Waals surface area contributed by atoms with Crippen LogP contribution in [-0.2, 0) is 4.79 Å². The summed E-state index contributed by atoms with van der Waals surface area (Å²) in [4.78, 5) is 13.7. The number of rotatable bonds is 5. The van der Waals surface area contributed by atoms with Gasteiger partial charge in [0.1, 0.15) is 6.04 Å². The molecule has 0 saturated carbocycles. The van der Waals surface area contributed by atoms with Gasteiger partial charge in [-0.05, 0) is 49.1 Å². The second kappa shape index (κ2) is 7.63. The van der Waals surface area contributed by atoms with Gasteiger partial charge in [0.2, 0.25) is 5.91 Å². The van der Waals surface area contributed by atoms with Gasteiger partial charge in [0, 0.05) is 4.47 Å². The van der Waals surface area contributed by atoms with Crippen LogP contribution in [0.25, 0.3) is 10.7 Å². The Morgan fingerprint density at radius 2 is 2.08 bits per heavy atom. The van der Waals surface area contributed by atoms with Crippen molar-refractivity contribution in [1.29, 1.82) is 0 Å². The second-order valence-corrected chi connectivity index (χ2v) is 7.82. The molecule has 2 N–H and O–H groups in total. The highest BCUT2D eigenvalue weighted by Gasteiger charge is 2.23. The van der Waals surface area contributed by atoms with Crippen molar-refractivity contribution in [2.45, 2.75) is 25.9 Å². The van der Waals surface area contributed by atoms with Gasteiger partial charge in [0.05, 0.1) is 10.9 Å². The molecule has 0 unspecified atom stereocenters. The Hall–Kier alpha value is -1.77. The number of carbonyl (C=O) groups is 1. The van der Waals surface area contributed by atoms with Crippen molar-refractivity contribution >= 4 is 45.4 Å². The maximum atomic E-state index is 12.8. The van der Waals surface area contributed by atoms with Gasteiger partial charge in [-0.25, -0.2) is 0 Å². The lowest BCUT2D eigenvalue weighted by atomic mass is 10.1. The van der Waals surface area contributed by atoms with E-state index in [1.165, 1.54) is 0 Å². The Morgan fingerprint density at radius 3 is 2.76 bits per heavy atom. The molecule has 0 aliphatic carbocycles. The summed E-state index contributed by atoms with van der Waals surface area (Å²) in [6, 6.07) is 11.1. The Balaban J connectivity index is 1.83. The molecule has 1 aromatic carbocycles. The molecular formula is C17H17BrN4OS2. The Morgan fingerprint density at radius 1 is 1.32 bits per heavy atom. The van der Waals surface area contributed by atoms with E-state index >= 15 is 0 Å². The van der Waals surface area contributed by atoms with Gasteiger partial charge < -0.3 is 5.32 Å². The smallest absolute Gasteiger partial charge is 0.243 e. The number of aromatic nitrogens is 3. The number of carbonyl (C=O) groups excluding carboxylic acids is 1. The number of aromatic amines is 1. The van der Waals surface area contributed by atoms with Gasteiger partial charge in [-0.1, -0.05) is 40.2 Å². The molecule has 3 rings (SSSR count). The maximum absolute atomic E-state index is 12.8. The zero-order valence-electron chi connectivity index (χ0n) is 13.7. The van der Waals surface area contributed by atoms with Gasteiger partial charge in [-0.3, -0.25) is 14.5 Å². The molecule has 0 bridgehead atoms. The fourth-order valence-electron chi connectivity index (χ4n) is 2.60. The van der Waals surface area contributed by atoms with E-state index in [1.54, 1.807) is 15.9 Å². The summed E-state index contributed by atoms with van der Waals surface area (Å²) < 4.78 is 3.15. The number of amides is 1. The first-order valence-electron chi connectivity index (χ1n) is 7.74. The molecule has 0 saturated heterocycles. The third kappa shape index (κ3) is 3.75. The number of benzene rings is 1. The molecule has 5 nitrogen and oxygen atoms in total. The van der Waals surface area contributed by atoms with E-state index in [0.717, 1.165) is 14.9 Å². The number of halogens is 1. The minimum Gasteiger partial charge on any atom is -0.348 e. The predicted molar refractivity (Wildman–Crippen MR) is 106 cm³/mol. The molecule has 130 valence electrons. The zero-order chi connectivity index (χ0) is 18.0. The van der Waals surface area contributed by atoms with Crippen molar-refractivity contribution in [2.75, 3.05) is 0 Å². The summed E-state index contributed by atoms with van der Waals surface area (Å²) in [7, 11) is 0. The van der Waals surface area contributed by atoms with Crippen LogP contribution in [0.4, 0.5) is 0 Å². The molecule has 0 spiro atoms. The third-order valence-electron chi connectivity index (χ3n) is 3.94. The predicted octanol–water partition coefficient (Wildman–Crippen LogP) is 4.87. The molecule has 25 heavy (non-hydrogen) atoms. The molecule has 2 aromatic heterocycles. The SMILES string of the molecule is C[C@@H](NC(=O)[C@H](C)n1c(-c2cccs2)n[nH]c1=S)c1ccccc1Br.